The smallest absolute Gasteiger partial charge is 0.313 e. The van der Waals surface area contributed by atoms with E-state index in [0.29, 0.717) is 18.7 Å². The molecular weight excluding hydrogens is 304 g/mol. The zero-order chi connectivity index (χ0) is 16.3. The molecule has 0 bridgehead atoms. The molecule has 1 heterocycles. The van der Waals surface area contributed by atoms with Crippen LogP contribution in [0, 0.1) is 6.92 Å². The predicted molar refractivity (Wildman–Crippen MR) is 84.3 cm³/mol. The van der Waals surface area contributed by atoms with Gasteiger partial charge in [-0.15, -0.1) is 0 Å². The number of carbonyl (C=O) groups is 2. The first-order valence-corrected chi connectivity index (χ1v) is 9.03. The Bertz CT molecular complexity index is 685. The van der Waals surface area contributed by atoms with Crippen molar-refractivity contribution in [2.45, 2.75) is 26.3 Å². The fraction of sp³-hybridized carbons (Fsp3) is 0.467. The Labute approximate surface area is 130 Å². The topological polar surface area (TPSA) is 83.6 Å². The molecule has 2 rings (SSSR count). The number of anilines is 1. The third-order valence-electron chi connectivity index (χ3n) is 3.72. The van der Waals surface area contributed by atoms with Crippen molar-refractivity contribution in [3.8, 4) is 0 Å². The van der Waals surface area contributed by atoms with Crippen LogP contribution >= 0.6 is 0 Å². The van der Waals surface area contributed by atoms with Crippen molar-refractivity contribution < 1.29 is 18.0 Å². The van der Waals surface area contributed by atoms with Crippen LogP contribution < -0.4 is 5.32 Å². The summed E-state index contributed by atoms with van der Waals surface area (Å²) < 4.78 is 23.1. The van der Waals surface area contributed by atoms with E-state index in [2.05, 4.69) is 5.32 Å². The van der Waals surface area contributed by atoms with E-state index in [1.54, 1.807) is 25.1 Å². The number of benzene rings is 1. The third kappa shape index (κ3) is 3.85. The number of hydrogen-bond donors (Lipinski definition) is 1. The van der Waals surface area contributed by atoms with E-state index in [0.717, 1.165) is 5.56 Å². The lowest BCUT2D eigenvalue weighted by molar-refractivity contribution is -0.144. The van der Waals surface area contributed by atoms with E-state index in [9.17, 15) is 18.0 Å². The number of likely N-dealkylation sites (N-methyl/N-ethyl adjacent to an activating group) is 1. The second kappa shape index (κ2) is 6.48. The Balaban J connectivity index is 2.06. The molecule has 2 amide bonds. The molecule has 22 heavy (non-hydrogen) atoms. The molecule has 120 valence electrons. The second-order valence-electron chi connectivity index (χ2n) is 5.47. The molecule has 1 unspecified atom stereocenters. The summed E-state index contributed by atoms with van der Waals surface area (Å²) >= 11 is 0. The van der Waals surface area contributed by atoms with E-state index in [4.69, 9.17) is 0 Å². The van der Waals surface area contributed by atoms with E-state index in [-0.39, 0.29) is 11.5 Å². The van der Waals surface area contributed by atoms with E-state index in [1.807, 2.05) is 13.0 Å². The fourth-order valence-electron chi connectivity index (χ4n) is 2.63. The lowest BCUT2D eigenvalue weighted by atomic mass is 10.2. The lowest BCUT2D eigenvalue weighted by Crippen LogP contribution is -2.46. The normalized spacial score (nSPS) is 19.6. The molecule has 0 saturated carbocycles. The summed E-state index contributed by atoms with van der Waals surface area (Å²) in [6.45, 7) is 3.93. The van der Waals surface area contributed by atoms with Crippen molar-refractivity contribution in [3.05, 3.63) is 29.8 Å². The largest absolute Gasteiger partial charge is 0.331 e. The van der Waals surface area contributed by atoms with Gasteiger partial charge in [-0.2, -0.15) is 0 Å². The van der Waals surface area contributed by atoms with Crippen LogP contribution in [0.2, 0.25) is 0 Å². The van der Waals surface area contributed by atoms with Crippen LogP contribution in [-0.2, 0) is 19.4 Å². The Morgan fingerprint density at radius 2 is 2.09 bits per heavy atom. The molecule has 0 aliphatic carbocycles. The van der Waals surface area contributed by atoms with Gasteiger partial charge in [-0.3, -0.25) is 9.59 Å². The SMILES string of the molecule is CCN(C(=O)C(=O)Nc1cccc(C)c1)C1CCS(=O)(=O)C1. The summed E-state index contributed by atoms with van der Waals surface area (Å²) in [5.41, 5.74) is 1.52. The minimum absolute atomic E-state index is 0.0652. The van der Waals surface area contributed by atoms with Gasteiger partial charge < -0.3 is 10.2 Å². The van der Waals surface area contributed by atoms with Gasteiger partial charge in [0.2, 0.25) is 0 Å². The zero-order valence-electron chi connectivity index (χ0n) is 12.7. The number of amides is 2. The monoisotopic (exact) mass is 324 g/mol. The van der Waals surface area contributed by atoms with E-state index in [1.165, 1.54) is 4.90 Å². The van der Waals surface area contributed by atoms with Crippen LogP contribution in [0.25, 0.3) is 0 Å². The minimum atomic E-state index is -3.10. The van der Waals surface area contributed by atoms with Crippen molar-refractivity contribution in [2.75, 3.05) is 23.4 Å². The van der Waals surface area contributed by atoms with E-state index < -0.39 is 27.7 Å². The standard InChI is InChI=1S/C15H20N2O4S/c1-3-17(13-7-8-22(20,21)10-13)15(19)14(18)16-12-6-4-5-11(2)9-12/h4-6,9,13H,3,7-8,10H2,1-2H3,(H,16,18). The van der Waals surface area contributed by atoms with Gasteiger partial charge in [-0.25, -0.2) is 8.42 Å². The summed E-state index contributed by atoms with van der Waals surface area (Å²) in [5.74, 6) is -1.42. The molecule has 1 aromatic carbocycles. The Morgan fingerprint density at radius 3 is 2.64 bits per heavy atom. The van der Waals surface area contributed by atoms with Crippen LogP contribution in [0.15, 0.2) is 24.3 Å². The van der Waals surface area contributed by atoms with Gasteiger partial charge in [0.1, 0.15) is 0 Å². The number of aryl methyl sites for hydroxylation is 1. The number of sulfone groups is 1. The first-order valence-electron chi connectivity index (χ1n) is 7.21. The maximum absolute atomic E-state index is 12.3. The average molecular weight is 324 g/mol. The molecule has 7 heteroatoms. The molecule has 1 atom stereocenters. The van der Waals surface area contributed by atoms with Gasteiger partial charge in [0.15, 0.2) is 9.84 Å². The van der Waals surface area contributed by atoms with Crippen molar-refractivity contribution in [2.24, 2.45) is 0 Å². The third-order valence-corrected chi connectivity index (χ3v) is 5.47. The Kier molecular flexibility index (Phi) is 4.85. The van der Waals surface area contributed by atoms with Crippen molar-refractivity contribution in [3.63, 3.8) is 0 Å². The molecule has 0 spiro atoms. The summed E-state index contributed by atoms with van der Waals surface area (Å²) in [7, 11) is -3.10. The number of nitrogens with one attached hydrogen (secondary N) is 1. The summed E-state index contributed by atoms with van der Waals surface area (Å²) in [4.78, 5) is 25.7. The van der Waals surface area contributed by atoms with Gasteiger partial charge in [0.05, 0.1) is 11.5 Å². The number of nitrogens with zero attached hydrogens (tertiary/aromatic N) is 1. The quantitative estimate of drug-likeness (QED) is 0.840. The maximum Gasteiger partial charge on any atom is 0.313 e. The van der Waals surface area contributed by atoms with Crippen LogP contribution in [0.1, 0.15) is 18.9 Å². The van der Waals surface area contributed by atoms with Gasteiger partial charge in [0.25, 0.3) is 0 Å². The predicted octanol–water partition coefficient (Wildman–Crippen LogP) is 0.969. The molecule has 1 fully saturated rings. The van der Waals surface area contributed by atoms with Crippen molar-refractivity contribution >= 4 is 27.3 Å². The molecular formula is C15H20N2O4S. The first kappa shape index (κ1) is 16.5. The van der Waals surface area contributed by atoms with Gasteiger partial charge in [0, 0.05) is 18.3 Å². The lowest BCUT2D eigenvalue weighted by Gasteiger charge is -2.26. The van der Waals surface area contributed by atoms with Crippen LogP contribution in [0.4, 0.5) is 5.69 Å². The van der Waals surface area contributed by atoms with Crippen molar-refractivity contribution in [1.29, 1.82) is 0 Å². The molecule has 6 nitrogen and oxygen atoms in total. The highest BCUT2D eigenvalue weighted by atomic mass is 32.2. The summed E-state index contributed by atoms with van der Waals surface area (Å²) in [6, 6.07) is 6.73. The molecule has 1 saturated heterocycles. The minimum Gasteiger partial charge on any atom is -0.331 e. The molecule has 1 aliphatic heterocycles. The second-order valence-corrected chi connectivity index (χ2v) is 7.70. The number of hydrogen-bond acceptors (Lipinski definition) is 4. The highest BCUT2D eigenvalue weighted by molar-refractivity contribution is 7.91. The van der Waals surface area contributed by atoms with Crippen LogP contribution in [0.5, 0.6) is 0 Å². The summed E-state index contributed by atoms with van der Waals surface area (Å²) in [5, 5.41) is 2.56. The number of carbonyl (C=O) groups excluding carboxylic acids is 2. The average Bonchev–Trinajstić information content (AvgIpc) is 2.79. The molecule has 1 N–H and O–H groups in total. The molecule has 1 aliphatic rings. The van der Waals surface area contributed by atoms with Crippen molar-refractivity contribution in [1.82, 2.24) is 4.90 Å². The van der Waals surface area contributed by atoms with Gasteiger partial charge in [-0.05, 0) is 38.0 Å². The van der Waals surface area contributed by atoms with Gasteiger partial charge >= 0.3 is 11.8 Å². The van der Waals surface area contributed by atoms with E-state index >= 15 is 0 Å². The zero-order valence-corrected chi connectivity index (χ0v) is 13.5. The molecule has 0 aromatic heterocycles. The maximum atomic E-state index is 12.3. The molecule has 1 aromatic rings. The highest BCUT2D eigenvalue weighted by Crippen LogP contribution is 2.18. The Morgan fingerprint density at radius 1 is 1.36 bits per heavy atom. The van der Waals surface area contributed by atoms with Crippen LogP contribution in [-0.4, -0.2) is 49.2 Å². The highest BCUT2D eigenvalue weighted by Gasteiger charge is 2.35. The molecule has 0 radical (unpaired) electrons. The number of rotatable bonds is 3. The summed E-state index contributed by atoms with van der Waals surface area (Å²) in [6.07, 6.45) is 0.389. The van der Waals surface area contributed by atoms with Crippen LogP contribution in [0.3, 0.4) is 0 Å². The fourth-order valence-corrected chi connectivity index (χ4v) is 4.36. The first-order chi connectivity index (χ1) is 10.3. The Hall–Kier alpha value is -1.89. The van der Waals surface area contributed by atoms with Gasteiger partial charge in [-0.1, -0.05) is 12.1 Å².